The Bertz CT molecular complexity index is 246. The topological polar surface area (TPSA) is 0 Å². The minimum absolute atomic E-state index is 0. The van der Waals surface area contributed by atoms with Crippen LogP contribution in [0, 0.1) is 37.7 Å². The molecule has 0 atom stereocenters. The molecule has 2 heteroatoms. The van der Waals surface area contributed by atoms with Crippen molar-refractivity contribution in [1.29, 1.82) is 0 Å². The largest absolute Gasteiger partial charge is 0.0876 e. The predicted molar refractivity (Wildman–Crippen MR) is 57.8 cm³/mol. The summed E-state index contributed by atoms with van der Waals surface area (Å²) in [5, 5.41) is 0.942. The van der Waals surface area contributed by atoms with Gasteiger partial charge in [-0.25, -0.2) is 0 Å². The first kappa shape index (κ1) is 14.0. The van der Waals surface area contributed by atoms with E-state index in [9.17, 15) is 0 Å². The van der Waals surface area contributed by atoms with Crippen LogP contribution < -0.4 is 0 Å². The molecule has 1 aromatic rings. The van der Waals surface area contributed by atoms with Gasteiger partial charge in [0, 0.05) is 43.1 Å². The molecule has 0 heterocycles. The molecule has 0 unspecified atom stereocenters. The molecule has 1 rings (SSSR count). The standard InChI is InChI=1S/C11H15Br.Ar/c1-11(2,3)10-6-4-9(8-12)5-7-10;/h4-7H,8H2,1-3H3;. The molecule has 13 heavy (non-hydrogen) atoms. The van der Waals surface area contributed by atoms with Crippen molar-refractivity contribution in [3.63, 3.8) is 0 Å². The Hall–Kier alpha value is 0.960. The fourth-order valence-electron chi connectivity index (χ4n) is 1.09. The summed E-state index contributed by atoms with van der Waals surface area (Å²) in [5.41, 5.74) is 3.00. The quantitative estimate of drug-likeness (QED) is 0.677. The van der Waals surface area contributed by atoms with Gasteiger partial charge in [-0.3, -0.25) is 0 Å². The molecular formula is C11H15ArBr. The maximum atomic E-state index is 3.43. The van der Waals surface area contributed by atoms with E-state index >= 15 is 0 Å². The van der Waals surface area contributed by atoms with Crippen molar-refractivity contribution < 1.29 is 37.7 Å². The second-order valence-electron chi connectivity index (χ2n) is 4.08. The zero-order valence-electron chi connectivity index (χ0n) is 8.25. The van der Waals surface area contributed by atoms with Gasteiger partial charge in [-0.1, -0.05) is 61.0 Å². The Balaban J connectivity index is 0.00000144. The van der Waals surface area contributed by atoms with E-state index in [1.807, 2.05) is 0 Å². The van der Waals surface area contributed by atoms with Gasteiger partial charge in [-0.2, -0.15) is 0 Å². The van der Waals surface area contributed by atoms with Crippen molar-refractivity contribution in [2.75, 3.05) is 0 Å². The first-order chi connectivity index (χ1) is 5.54. The van der Waals surface area contributed by atoms with Crippen LogP contribution in [0.25, 0.3) is 0 Å². The van der Waals surface area contributed by atoms with E-state index < -0.39 is 0 Å². The number of hydrogen-bond donors (Lipinski definition) is 0. The van der Waals surface area contributed by atoms with Crippen molar-refractivity contribution in [1.82, 2.24) is 0 Å². The third-order valence-electron chi connectivity index (χ3n) is 1.97. The molecule has 0 fully saturated rings. The van der Waals surface area contributed by atoms with Crippen LogP contribution in [0.15, 0.2) is 24.3 Å². The van der Waals surface area contributed by atoms with Gasteiger partial charge in [0.15, 0.2) is 0 Å². The summed E-state index contributed by atoms with van der Waals surface area (Å²) in [7, 11) is 0. The zero-order valence-corrected chi connectivity index (χ0v) is 10.5. The monoisotopic (exact) mass is 266 g/mol. The Morgan fingerprint density at radius 1 is 1.08 bits per heavy atom. The van der Waals surface area contributed by atoms with Crippen LogP contribution in [0.5, 0.6) is 0 Å². The molecule has 0 bridgehead atoms. The predicted octanol–water partition coefficient (Wildman–Crippen LogP) is 3.88. The summed E-state index contributed by atoms with van der Waals surface area (Å²) in [5.74, 6) is 0. The molecule has 0 aromatic heterocycles. The Labute approximate surface area is 119 Å². The number of rotatable bonds is 1. The van der Waals surface area contributed by atoms with E-state index in [4.69, 9.17) is 0 Å². The van der Waals surface area contributed by atoms with Crippen LogP contribution in [0.1, 0.15) is 31.9 Å². The summed E-state index contributed by atoms with van der Waals surface area (Å²) in [6.07, 6.45) is 0. The van der Waals surface area contributed by atoms with Crippen molar-refractivity contribution in [2.24, 2.45) is 0 Å². The van der Waals surface area contributed by atoms with Gasteiger partial charge in [-0.15, -0.1) is 0 Å². The van der Waals surface area contributed by atoms with E-state index in [0.29, 0.717) is 0 Å². The normalized spacial score (nSPS) is 10.8. The van der Waals surface area contributed by atoms with E-state index in [0.717, 1.165) is 5.33 Å². The van der Waals surface area contributed by atoms with Crippen LogP contribution in [-0.2, 0) is 10.7 Å². The van der Waals surface area contributed by atoms with Crippen molar-refractivity contribution in [2.45, 2.75) is 31.5 Å². The zero-order chi connectivity index (χ0) is 9.19. The molecule has 74 valence electrons. The van der Waals surface area contributed by atoms with Crippen molar-refractivity contribution in [3.05, 3.63) is 35.4 Å². The van der Waals surface area contributed by atoms with Crippen LogP contribution in [0.2, 0.25) is 0 Å². The maximum Gasteiger partial charge on any atom is 0.0283 e. The molecule has 1 aromatic carbocycles. The summed E-state index contributed by atoms with van der Waals surface area (Å²) in [6.45, 7) is 6.70. The number of hydrogen-bond acceptors (Lipinski definition) is 0. The molecule has 0 saturated carbocycles. The summed E-state index contributed by atoms with van der Waals surface area (Å²) in [4.78, 5) is 0. The molecule has 0 amide bonds. The van der Waals surface area contributed by atoms with Crippen molar-refractivity contribution >= 4 is 15.9 Å². The minimum Gasteiger partial charge on any atom is -0.0876 e. The first-order valence-electron chi connectivity index (χ1n) is 4.19. The van der Waals surface area contributed by atoms with Gasteiger partial charge in [-0.05, 0) is 16.5 Å². The molecule has 0 aliphatic carbocycles. The molecular weight excluding hydrogens is 252 g/mol. The van der Waals surface area contributed by atoms with Gasteiger partial charge < -0.3 is 0 Å². The fraction of sp³-hybridized carbons (Fsp3) is 0.455. The molecule has 0 aliphatic rings. The Kier molecular flexibility index (Phi) is 6.17. The van der Waals surface area contributed by atoms with E-state index in [-0.39, 0.29) is 43.2 Å². The molecule has 0 aliphatic heterocycles. The van der Waals surface area contributed by atoms with Gasteiger partial charge in [0.05, 0.1) is 0 Å². The van der Waals surface area contributed by atoms with Crippen LogP contribution in [-0.4, -0.2) is 0 Å². The van der Waals surface area contributed by atoms with Gasteiger partial charge in [0.1, 0.15) is 0 Å². The maximum absolute atomic E-state index is 3.43. The number of benzene rings is 1. The van der Waals surface area contributed by atoms with Crippen LogP contribution in [0.4, 0.5) is 0 Å². The van der Waals surface area contributed by atoms with Crippen LogP contribution in [0.3, 0.4) is 0 Å². The second-order valence-corrected chi connectivity index (χ2v) is 4.64. The number of alkyl halides is 1. The van der Waals surface area contributed by atoms with Gasteiger partial charge in [0.25, 0.3) is 0 Å². The average Bonchev–Trinajstić information content (AvgIpc) is 2.03. The second kappa shape index (κ2) is 5.75. The SMILES string of the molecule is CC(C)(C)c1ccc(CBr)cc1.[Ar]. The molecule has 0 radical (unpaired) electrons. The minimum atomic E-state index is 0. The fourth-order valence-corrected chi connectivity index (χ4v) is 1.47. The number of halogens is 1. The molecule has 0 saturated heterocycles. The third-order valence-corrected chi connectivity index (χ3v) is 2.62. The van der Waals surface area contributed by atoms with Gasteiger partial charge in [0.2, 0.25) is 0 Å². The average molecular weight is 267 g/mol. The van der Waals surface area contributed by atoms with Crippen LogP contribution >= 0.6 is 15.9 Å². The third kappa shape index (κ3) is 4.33. The summed E-state index contributed by atoms with van der Waals surface area (Å²) in [6, 6.07) is 8.76. The molecule has 0 N–H and O–H groups in total. The smallest absolute Gasteiger partial charge is 0.0283 e. The van der Waals surface area contributed by atoms with Crippen molar-refractivity contribution in [3.8, 4) is 0 Å². The van der Waals surface area contributed by atoms with Gasteiger partial charge >= 0.3 is 0 Å². The van der Waals surface area contributed by atoms with E-state index in [2.05, 4.69) is 61.0 Å². The molecule has 0 nitrogen and oxygen atoms in total. The Morgan fingerprint density at radius 2 is 1.54 bits per heavy atom. The summed E-state index contributed by atoms with van der Waals surface area (Å²) >= 11 is 3.43. The Morgan fingerprint density at radius 3 is 1.85 bits per heavy atom. The summed E-state index contributed by atoms with van der Waals surface area (Å²) < 4.78 is 0. The first-order valence-corrected chi connectivity index (χ1v) is 5.31. The molecule has 0 spiro atoms. The van der Waals surface area contributed by atoms with E-state index in [1.165, 1.54) is 11.1 Å². The van der Waals surface area contributed by atoms with E-state index in [1.54, 1.807) is 0 Å².